The first-order chi connectivity index (χ1) is 18.3. The first kappa shape index (κ1) is 26.9. The van der Waals surface area contributed by atoms with Gasteiger partial charge in [0.2, 0.25) is 5.91 Å². The lowest BCUT2D eigenvalue weighted by atomic mass is 9.88. The van der Waals surface area contributed by atoms with Gasteiger partial charge in [-0.3, -0.25) is 4.79 Å². The molecule has 2 aromatic carbocycles. The highest BCUT2D eigenvalue weighted by Crippen LogP contribution is 2.35. The molecule has 3 heterocycles. The van der Waals surface area contributed by atoms with Crippen LogP contribution in [0.1, 0.15) is 24.0 Å². The molecule has 1 aromatic heterocycles. The van der Waals surface area contributed by atoms with E-state index in [0.717, 1.165) is 52.2 Å². The number of para-hydroxylation sites is 1. The minimum Gasteiger partial charge on any atom is -0.361 e. The van der Waals surface area contributed by atoms with Crippen molar-refractivity contribution in [3.8, 4) is 0 Å². The summed E-state index contributed by atoms with van der Waals surface area (Å²) < 4.78 is 0. The minimum absolute atomic E-state index is 0.0884. The molecule has 202 valence electrons. The van der Waals surface area contributed by atoms with Crippen molar-refractivity contribution in [2.24, 2.45) is 5.92 Å². The second-order valence-electron chi connectivity index (χ2n) is 10.7. The lowest BCUT2D eigenvalue weighted by molar-refractivity contribution is -0.121. The first-order valence-corrected chi connectivity index (χ1v) is 14.8. The monoisotopic (exact) mass is 553 g/mol. The van der Waals surface area contributed by atoms with E-state index in [9.17, 15) is 9.59 Å². The zero-order chi connectivity index (χ0) is 26.8. The van der Waals surface area contributed by atoms with Crippen molar-refractivity contribution in [1.29, 1.82) is 0 Å². The third kappa shape index (κ3) is 5.67. The number of carbonyl (C=O) groups excluding carboxylic acids is 2. The lowest BCUT2D eigenvalue weighted by Gasteiger charge is -2.39. The number of benzene rings is 2. The summed E-state index contributed by atoms with van der Waals surface area (Å²) in [7, 11) is 4.11. The third-order valence-corrected chi connectivity index (χ3v) is 8.80. The van der Waals surface area contributed by atoms with Gasteiger partial charge in [-0.25, -0.2) is 4.79 Å². The topological polar surface area (TPSA) is 71.7 Å². The fraction of sp³-hybridized carbons (Fsp3) is 0.448. The number of thioether (sulfide) groups is 1. The SMILES string of the molecule is CC(c1c[nH]c2ccccc12)C(NC(=O)N1CCSCC1)C(=O)N1C[C@@H](CN(C)C)Cc2cc(Cl)ccc21. The predicted octanol–water partition coefficient (Wildman–Crippen LogP) is 4.82. The largest absolute Gasteiger partial charge is 0.361 e. The molecule has 3 atom stereocenters. The molecule has 3 aromatic rings. The fourth-order valence-electron chi connectivity index (χ4n) is 5.77. The number of urea groups is 1. The number of hydrogen-bond donors (Lipinski definition) is 2. The van der Waals surface area contributed by atoms with Crippen LogP contribution in [0.4, 0.5) is 10.5 Å². The van der Waals surface area contributed by atoms with Gasteiger partial charge in [-0.2, -0.15) is 11.8 Å². The molecule has 0 spiro atoms. The number of fused-ring (bicyclic) bond motifs is 2. The molecule has 2 aliphatic rings. The molecule has 7 nitrogen and oxygen atoms in total. The van der Waals surface area contributed by atoms with Gasteiger partial charge in [0.1, 0.15) is 6.04 Å². The number of amides is 3. The standard InChI is InChI=1S/C29H36ClN5O2S/c1-19(24-16-31-25-7-5-4-6-23(24)25)27(32-29(37)34-10-12-38-13-11-34)28(36)35-18-20(17-33(2)3)14-21-15-22(30)8-9-26(21)35/h4-9,15-16,19-20,27,31H,10-14,17-18H2,1-3H3,(H,32,37)/t19?,20-,27?/m1/s1. The molecule has 0 bridgehead atoms. The average molecular weight is 554 g/mol. The van der Waals surface area contributed by atoms with Crippen molar-refractivity contribution in [1.82, 2.24) is 20.1 Å². The summed E-state index contributed by atoms with van der Waals surface area (Å²) in [6, 6.07) is 13.0. The van der Waals surface area contributed by atoms with Gasteiger partial charge in [-0.15, -0.1) is 0 Å². The Hall–Kier alpha value is -2.68. The van der Waals surface area contributed by atoms with Crippen molar-refractivity contribution < 1.29 is 9.59 Å². The van der Waals surface area contributed by atoms with Crippen LogP contribution in [0.3, 0.4) is 0 Å². The number of nitrogens with zero attached hydrogens (tertiary/aromatic N) is 3. The fourth-order valence-corrected chi connectivity index (χ4v) is 6.87. The van der Waals surface area contributed by atoms with E-state index in [0.29, 0.717) is 24.7 Å². The summed E-state index contributed by atoms with van der Waals surface area (Å²) in [6.45, 7) is 4.87. The highest BCUT2D eigenvalue weighted by atomic mass is 35.5. The Balaban J connectivity index is 1.51. The normalized spacial score (nSPS) is 19.3. The Labute approximate surface area is 233 Å². The molecule has 2 N–H and O–H groups in total. The number of nitrogens with one attached hydrogen (secondary N) is 2. The number of rotatable bonds is 6. The summed E-state index contributed by atoms with van der Waals surface area (Å²) >= 11 is 8.22. The molecule has 1 saturated heterocycles. The first-order valence-electron chi connectivity index (χ1n) is 13.3. The van der Waals surface area contributed by atoms with E-state index in [1.54, 1.807) is 0 Å². The molecule has 9 heteroatoms. The molecular weight excluding hydrogens is 518 g/mol. The van der Waals surface area contributed by atoms with E-state index in [1.165, 1.54) is 0 Å². The van der Waals surface area contributed by atoms with Crippen molar-refractivity contribution in [2.45, 2.75) is 25.3 Å². The van der Waals surface area contributed by atoms with Gasteiger partial charge in [0.15, 0.2) is 0 Å². The van der Waals surface area contributed by atoms with E-state index < -0.39 is 6.04 Å². The Morgan fingerprint density at radius 3 is 2.71 bits per heavy atom. The maximum absolute atomic E-state index is 14.5. The maximum Gasteiger partial charge on any atom is 0.318 e. The molecule has 0 radical (unpaired) electrons. The van der Waals surface area contributed by atoms with Crippen LogP contribution in [0, 0.1) is 5.92 Å². The Kier molecular flexibility index (Phi) is 8.21. The van der Waals surface area contributed by atoms with Crippen LogP contribution in [0.15, 0.2) is 48.7 Å². The van der Waals surface area contributed by atoms with Gasteiger partial charge in [-0.1, -0.05) is 36.7 Å². The van der Waals surface area contributed by atoms with Crippen molar-refractivity contribution in [3.05, 3.63) is 64.8 Å². The summed E-state index contributed by atoms with van der Waals surface area (Å²) in [5.41, 5.74) is 3.99. The Bertz CT molecular complexity index is 1310. The van der Waals surface area contributed by atoms with Gasteiger partial charge < -0.3 is 25.0 Å². The van der Waals surface area contributed by atoms with Crippen LogP contribution in [0.25, 0.3) is 10.9 Å². The summed E-state index contributed by atoms with van der Waals surface area (Å²) in [6.07, 6.45) is 2.83. The van der Waals surface area contributed by atoms with E-state index in [1.807, 2.05) is 71.1 Å². The highest BCUT2D eigenvalue weighted by Gasteiger charge is 2.38. The summed E-state index contributed by atoms with van der Waals surface area (Å²) in [5.74, 6) is 1.76. The maximum atomic E-state index is 14.5. The number of H-pyrrole nitrogens is 1. The predicted molar refractivity (Wildman–Crippen MR) is 157 cm³/mol. The number of hydrogen-bond acceptors (Lipinski definition) is 4. The van der Waals surface area contributed by atoms with Gasteiger partial charge in [0.25, 0.3) is 0 Å². The van der Waals surface area contributed by atoms with Crippen LogP contribution < -0.4 is 10.2 Å². The number of anilines is 1. The van der Waals surface area contributed by atoms with Crippen molar-refractivity contribution in [3.63, 3.8) is 0 Å². The van der Waals surface area contributed by atoms with E-state index in [-0.39, 0.29) is 23.8 Å². The van der Waals surface area contributed by atoms with Gasteiger partial charge in [0, 0.05) is 71.4 Å². The highest BCUT2D eigenvalue weighted by molar-refractivity contribution is 7.99. The third-order valence-electron chi connectivity index (χ3n) is 7.63. The quantitative estimate of drug-likeness (QED) is 0.459. The second kappa shape index (κ2) is 11.6. The smallest absolute Gasteiger partial charge is 0.318 e. The zero-order valence-electron chi connectivity index (χ0n) is 22.2. The van der Waals surface area contributed by atoms with Gasteiger partial charge in [-0.05, 0) is 61.8 Å². The Morgan fingerprint density at radius 1 is 1.18 bits per heavy atom. The molecule has 5 rings (SSSR count). The van der Waals surface area contributed by atoms with Crippen LogP contribution >= 0.6 is 23.4 Å². The van der Waals surface area contributed by atoms with Gasteiger partial charge >= 0.3 is 6.03 Å². The summed E-state index contributed by atoms with van der Waals surface area (Å²) in [5, 5.41) is 4.91. The molecule has 2 aliphatic heterocycles. The number of halogens is 1. The molecule has 0 saturated carbocycles. The second-order valence-corrected chi connectivity index (χ2v) is 12.3. The molecule has 38 heavy (non-hydrogen) atoms. The van der Waals surface area contributed by atoms with Crippen molar-refractivity contribution in [2.75, 3.05) is 56.7 Å². The lowest BCUT2D eigenvalue weighted by Crippen LogP contribution is -2.57. The van der Waals surface area contributed by atoms with Crippen molar-refractivity contribution >= 4 is 51.9 Å². The molecule has 0 aliphatic carbocycles. The molecule has 1 fully saturated rings. The molecular formula is C29H36ClN5O2S. The average Bonchev–Trinajstić information content (AvgIpc) is 3.34. The minimum atomic E-state index is -0.724. The van der Waals surface area contributed by atoms with Crippen LogP contribution in [-0.4, -0.2) is 84.5 Å². The molecule has 3 amide bonds. The number of aromatic amines is 1. The number of aromatic nitrogens is 1. The van der Waals surface area contributed by atoms with Crippen LogP contribution in [0.2, 0.25) is 5.02 Å². The van der Waals surface area contributed by atoms with Crippen LogP contribution in [0.5, 0.6) is 0 Å². The zero-order valence-corrected chi connectivity index (χ0v) is 23.8. The Morgan fingerprint density at radius 2 is 1.95 bits per heavy atom. The van der Waals surface area contributed by atoms with Crippen LogP contribution in [-0.2, 0) is 11.2 Å². The van der Waals surface area contributed by atoms with E-state index in [4.69, 9.17) is 11.6 Å². The van der Waals surface area contributed by atoms with E-state index in [2.05, 4.69) is 35.4 Å². The molecule has 2 unspecified atom stereocenters. The summed E-state index contributed by atoms with van der Waals surface area (Å²) in [4.78, 5) is 37.1. The van der Waals surface area contributed by atoms with E-state index >= 15 is 0 Å². The number of carbonyl (C=O) groups is 2. The van der Waals surface area contributed by atoms with Gasteiger partial charge in [0.05, 0.1) is 0 Å².